The Morgan fingerprint density at radius 1 is 0.692 bits per heavy atom. The van der Waals surface area contributed by atoms with Crippen LogP contribution in [0, 0.1) is 6.08 Å². The van der Waals surface area contributed by atoms with Crippen molar-refractivity contribution in [2.45, 2.75) is 64.2 Å². The van der Waals surface area contributed by atoms with Crippen LogP contribution in [0.25, 0.3) is 0 Å². The molecule has 0 spiro atoms. The molecule has 0 nitrogen and oxygen atoms in total. The molecule has 1 rings (SSSR count). The molecule has 0 amide bonds. The van der Waals surface area contributed by atoms with Gasteiger partial charge in [-0.15, -0.1) is 0 Å². The van der Waals surface area contributed by atoms with Crippen LogP contribution >= 0.6 is 0 Å². The van der Waals surface area contributed by atoms with Crippen molar-refractivity contribution >= 4 is 0 Å². The molecule has 13 heavy (non-hydrogen) atoms. The second-order valence-corrected chi connectivity index (χ2v) is 3.78. The summed E-state index contributed by atoms with van der Waals surface area (Å²) in [7, 11) is 0. The van der Waals surface area contributed by atoms with Gasteiger partial charge in [0.2, 0.25) is 0 Å². The SMILES string of the molecule is [C-]1=CCCCCCCCCCC1.[Ni]. The fraction of sp³-hybridized carbons (Fsp3) is 0.833. The van der Waals surface area contributed by atoms with Gasteiger partial charge in [-0.1, -0.05) is 57.8 Å². The predicted octanol–water partition coefficient (Wildman–Crippen LogP) is 4.26. The summed E-state index contributed by atoms with van der Waals surface area (Å²) in [6.45, 7) is 0. The minimum absolute atomic E-state index is 0. The molecule has 80 valence electrons. The summed E-state index contributed by atoms with van der Waals surface area (Å²) in [6.07, 6.45) is 19.5. The van der Waals surface area contributed by atoms with Gasteiger partial charge in [-0.25, -0.2) is 0 Å². The van der Waals surface area contributed by atoms with E-state index in [0.717, 1.165) is 0 Å². The Kier molecular flexibility index (Phi) is 10.5. The fourth-order valence-corrected chi connectivity index (χ4v) is 1.74. The van der Waals surface area contributed by atoms with Crippen LogP contribution in [0.3, 0.4) is 0 Å². The van der Waals surface area contributed by atoms with Crippen molar-refractivity contribution in [2.24, 2.45) is 0 Å². The van der Waals surface area contributed by atoms with Crippen LogP contribution < -0.4 is 0 Å². The van der Waals surface area contributed by atoms with E-state index in [1.54, 1.807) is 0 Å². The second-order valence-electron chi connectivity index (χ2n) is 3.78. The van der Waals surface area contributed by atoms with E-state index in [4.69, 9.17) is 0 Å². The first-order valence-corrected chi connectivity index (χ1v) is 5.55. The van der Waals surface area contributed by atoms with Gasteiger partial charge in [0.05, 0.1) is 0 Å². The topological polar surface area (TPSA) is 0 Å². The Morgan fingerprint density at radius 3 is 1.92 bits per heavy atom. The van der Waals surface area contributed by atoms with E-state index in [2.05, 4.69) is 12.2 Å². The molecule has 1 aliphatic rings. The third kappa shape index (κ3) is 8.56. The Hall–Kier alpha value is 0.234. The van der Waals surface area contributed by atoms with Crippen LogP contribution in [0.1, 0.15) is 64.2 Å². The third-order valence-electron chi connectivity index (χ3n) is 2.56. The first-order valence-electron chi connectivity index (χ1n) is 5.55. The molecule has 0 aliphatic heterocycles. The molecule has 1 aliphatic carbocycles. The standard InChI is InChI=1S/C12H21.Ni/c1-2-4-6-8-10-12-11-9-7-5-3-1;/h1H,2,4-12H2;/q-1;. The van der Waals surface area contributed by atoms with Crippen LogP contribution in [-0.4, -0.2) is 0 Å². The van der Waals surface area contributed by atoms with Crippen molar-refractivity contribution in [3.05, 3.63) is 12.2 Å². The average molecular weight is 224 g/mol. The maximum Gasteiger partial charge on any atom is 0 e. The molecule has 1 heteroatoms. The monoisotopic (exact) mass is 223 g/mol. The van der Waals surface area contributed by atoms with Crippen LogP contribution in [-0.2, 0) is 16.5 Å². The van der Waals surface area contributed by atoms with E-state index in [9.17, 15) is 0 Å². The van der Waals surface area contributed by atoms with Crippen LogP contribution in [0.2, 0.25) is 0 Å². The molecular formula is C12H21Ni-. The Balaban J connectivity index is 0.00000144. The number of rotatable bonds is 0. The fourth-order valence-electron chi connectivity index (χ4n) is 1.74. The van der Waals surface area contributed by atoms with E-state index in [-0.39, 0.29) is 16.5 Å². The Morgan fingerprint density at radius 2 is 1.23 bits per heavy atom. The zero-order chi connectivity index (χ0) is 8.49. The smallest absolute Gasteiger partial charge is 0 e. The summed E-state index contributed by atoms with van der Waals surface area (Å²) in [4.78, 5) is 0. The molecule has 0 radical (unpaired) electrons. The molecule has 0 aromatic rings. The van der Waals surface area contributed by atoms with Crippen molar-refractivity contribution in [3.63, 3.8) is 0 Å². The van der Waals surface area contributed by atoms with Crippen LogP contribution in [0.15, 0.2) is 6.08 Å². The van der Waals surface area contributed by atoms with Gasteiger partial charge in [-0.3, -0.25) is 6.08 Å². The molecule has 0 saturated carbocycles. The van der Waals surface area contributed by atoms with Crippen molar-refractivity contribution < 1.29 is 16.5 Å². The molecule has 0 aromatic heterocycles. The van der Waals surface area contributed by atoms with E-state index in [1.807, 2.05) is 0 Å². The predicted molar refractivity (Wildman–Crippen MR) is 54.0 cm³/mol. The van der Waals surface area contributed by atoms with Gasteiger partial charge >= 0.3 is 0 Å². The minimum atomic E-state index is 0. The molecule has 0 heterocycles. The van der Waals surface area contributed by atoms with Crippen molar-refractivity contribution in [1.82, 2.24) is 0 Å². The molecule has 0 bridgehead atoms. The molecule has 0 N–H and O–H groups in total. The van der Waals surface area contributed by atoms with Gasteiger partial charge in [0.1, 0.15) is 0 Å². The summed E-state index contributed by atoms with van der Waals surface area (Å²) >= 11 is 0. The number of hydrogen-bond donors (Lipinski definition) is 0. The average Bonchev–Trinajstić information content (AvgIpc) is 2.05. The summed E-state index contributed by atoms with van der Waals surface area (Å²) in [5.41, 5.74) is 0. The zero-order valence-corrected chi connectivity index (χ0v) is 9.45. The van der Waals surface area contributed by atoms with E-state index in [1.165, 1.54) is 64.2 Å². The quantitative estimate of drug-likeness (QED) is 0.426. The molecule has 0 atom stereocenters. The van der Waals surface area contributed by atoms with Gasteiger partial charge in [0.25, 0.3) is 0 Å². The van der Waals surface area contributed by atoms with Crippen molar-refractivity contribution in [2.75, 3.05) is 0 Å². The van der Waals surface area contributed by atoms with Crippen LogP contribution in [0.5, 0.6) is 0 Å². The minimum Gasteiger partial charge on any atom is -0.501 e. The molecular weight excluding hydrogens is 203 g/mol. The normalized spacial score (nSPS) is 20.9. The summed E-state index contributed by atoms with van der Waals surface area (Å²) < 4.78 is 0. The second kappa shape index (κ2) is 10.3. The number of hydrogen-bond acceptors (Lipinski definition) is 0. The summed E-state index contributed by atoms with van der Waals surface area (Å²) in [5, 5.41) is 0. The molecule has 0 aromatic carbocycles. The van der Waals surface area contributed by atoms with Crippen molar-refractivity contribution in [1.29, 1.82) is 0 Å². The molecule has 0 saturated heterocycles. The van der Waals surface area contributed by atoms with E-state index < -0.39 is 0 Å². The zero-order valence-electron chi connectivity index (χ0n) is 8.46. The Bertz CT molecular complexity index is 104. The van der Waals surface area contributed by atoms with E-state index >= 15 is 0 Å². The summed E-state index contributed by atoms with van der Waals surface area (Å²) in [5.74, 6) is 0. The molecule has 0 fully saturated rings. The van der Waals surface area contributed by atoms with Gasteiger partial charge in [-0.05, 0) is 0 Å². The van der Waals surface area contributed by atoms with E-state index in [0.29, 0.717) is 0 Å². The first kappa shape index (κ1) is 13.2. The maximum atomic E-state index is 3.38. The number of allylic oxidation sites excluding steroid dienone is 2. The molecule has 0 unspecified atom stereocenters. The van der Waals surface area contributed by atoms with Gasteiger partial charge in [0.15, 0.2) is 0 Å². The largest absolute Gasteiger partial charge is 0.501 e. The van der Waals surface area contributed by atoms with Crippen molar-refractivity contribution in [3.8, 4) is 0 Å². The van der Waals surface area contributed by atoms with Gasteiger partial charge in [-0.2, -0.15) is 6.42 Å². The van der Waals surface area contributed by atoms with Gasteiger partial charge < -0.3 is 6.08 Å². The van der Waals surface area contributed by atoms with Crippen LogP contribution in [0.4, 0.5) is 0 Å². The third-order valence-corrected chi connectivity index (χ3v) is 2.56. The Labute approximate surface area is 93.1 Å². The maximum absolute atomic E-state index is 3.38. The first-order chi connectivity index (χ1) is 6.00. The van der Waals surface area contributed by atoms with Gasteiger partial charge in [0, 0.05) is 16.5 Å². The summed E-state index contributed by atoms with van der Waals surface area (Å²) in [6, 6.07) is 0.